The standard InChI is InChI=1S/C13H15Cl2NO/c1-13(5-2-6-16-13)12(17)8-9-3-4-10(14)11(15)7-9/h3-4,7,16H,2,5-6,8H2,1H3. The second-order valence-electron chi connectivity index (χ2n) is 4.71. The lowest BCUT2D eigenvalue weighted by Gasteiger charge is -2.22. The van der Waals surface area contributed by atoms with Crippen LogP contribution < -0.4 is 5.32 Å². The predicted octanol–water partition coefficient (Wildman–Crippen LogP) is 3.25. The normalized spacial score (nSPS) is 23.9. The van der Waals surface area contributed by atoms with Gasteiger partial charge in [-0.3, -0.25) is 4.79 Å². The van der Waals surface area contributed by atoms with Gasteiger partial charge in [-0.2, -0.15) is 0 Å². The van der Waals surface area contributed by atoms with Gasteiger partial charge in [-0.05, 0) is 44.0 Å². The summed E-state index contributed by atoms with van der Waals surface area (Å²) in [5, 5.41) is 4.29. The smallest absolute Gasteiger partial charge is 0.156 e. The van der Waals surface area contributed by atoms with Gasteiger partial charge in [-0.25, -0.2) is 0 Å². The van der Waals surface area contributed by atoms with Crippen LogP contribution in [0.1, 0.15) is 25.3 Å². The van der Waals surface area contributed by atoms with Crippen molar-refractivity contribution in [2.45, 2.75) is 31.7 Å². The van der Waals surface area contributed by atoms with Crippen LogP contribution in [-0.4, -0.2) is 17.9 Å². The largest absolute Gasteiger partial charge is 0.305 e. The third-order valence-electron chi connectivity index (χ3n) is 3.33. The van der Waals surface area contributed by atoms with Crippen molar-refractivity contribution in [2.75, 3.05) is 6.54 Å². The van der Waals surface area contributed by atoms with E-state index in [4.69, 9.17) is 23.2 Å². The highest BCUT2D eigenvalue weighted by molar-refractivity contribution is 6.42. The number of hydrogen-bond acceptors (Lipinski definition) is 2. The van der Waals surface area contributed by atoms with E-state index in [2.05, 4.69) is 5.32 Å². The minimum Gasteiger partial charge on any atom is -0.305 e. The number of halogens is 2. The van der Waals surface area contributed by atoms with Crippen LogP contribution in [0.25, 0.3) is 0 Å². The van der Waals surface area contributed by atoms with E-state index in [0.717, 1.165) is 24.9 Å². The van der Waals surface area contributed by atoms with Gasteiger partial charge >= 0.3 is 0 Å². The Hall–Kier alpha value is -0.570. The highest BCUT2D eigenvalue weighted by Gasteiger charge is 2.35. The van der Waals surface area contributed by atoms with Gasteiger partial charge in [0.2, 0.25) is 0 Å². The summed E-state index contributed by atoms with van der Waals surface area (Å²) in [6.45, 7) is 2.89. The number of carbonyl (C=O) groups excluding carboxylic acids is 1. The molecule has 2 rings (SSSR count). The Morgan fingerprint density at radius 1 is 1.41 bits per heavy atom. The lowest BCUT2D eigenvalue weighted by atomic mass is 9.90. The Morgan fingerprint density at radius 3 is 2.76 bits per heavy atom. The van der Waals surface area contributed by atoms with Crippen LogP contribution in [-0.2, 0) is 11.2 Å². The van der Waals surface area contributed by atoms with Crippen molar-refractivity contribution in [2.24, 2.45) is 0 Å². The third kappa shape index (κ3) is 2.82. The first kappa shape index (κ1) is 12.9. The molecule has 92 valence electrons. The first-order valence-electron chi connectivity index (χ1n) is 5.73. The molecule has 1 unspecified atom stereocenters. The lowest BCUT2D eigenvalue weighted by molar-refractivity contribution is -0.123. The molecule has 0 saturated carbocycles. The van der Waals surface area contributed by atoms with E-state index in [1.165, 1.54) is 0 Å². The van der Waals surface area contributed by atoms with Crippen molar-refractivity contribution >= 4 is 29.0 Å². The molecule has 1 aromatic carbocycles. The zero-order valence-electron chi connectivity index (χ0n) is 9.72. The molecule has 0 aliphatic carbocycles. The maximum Gasteiger partial charge on any atom is 0.156 e. The fourth-order valence-corrected chi connectivity index (χ4v) is 2.48. The van der Waals surface area contributed by atoms with Crippen molar-refractivity contribution in [3.8, 4) is 0 Å². The van der Waals surface area contributed by atoms with Gasteiger partial charge in [0.05, 0.1) is 15.6 Å². The second-order valence-corrected chi connectivity index (χ2v) is 5.53. The van der Waals surface area contributed by atoms with Gasteiger partial charge in [-0.15, -0.1) is 0 Å². The average Bonchev–Trinajstić information content (AvgIpc) is 2.72. The number of rotatable bonds is 3. The summed E-state index contributed by atoms with van der Waals surface area (Å²) in [5.74, 6) is 0.216. The quantitative estimate of drug-likeness (QED) is 0.915. The minimum absolute atomic E-state index is 0.216. The highest BCUT2D eigenvalue weighted by Crippen LogP contribution is 2.25. The van der Waals surface area contributed by atoms with E-state index in [1.807, 2.05) is 13.0 Å². The summed E-state index contributed by atoms with van der Waals surface area (Å²) < 4.78 is 0. The molecular formula is C13H15Cl2NO. The fraction of sp³-hybridized carbons (Fsp3) is 0.462. The van der Waals surface area contributed by atoms with Crippen molar-refractivity contribution in [3.05, 3.63) is 33.8 Å². The average molecular weight is 272 g/mol. The molecule has 1 aliphatic rings. The summed E-state index contributed by atoms with van der Waals surface area (Å²) in [5.41, 5.74) is 0.547. The maximum absolute atomic E-state index is 12.2. The monoisotopic (exact) mass is 271 g/mol. The number of ketones is 1. The molecule has 1 aromatic rings. The molecule has 4 heteroatoms. The molecule has 0 spiro atoms. The summed E-state index contributed by atoms with van der Waals surface area (Å²) in [6.07, 6.45) is 2.37. The van der Waals surface area contributed by atoms with Crippen molar-refractivity contribution in [1.29, 1.82) is 0 Å². The van der Waals surface area contributed by atoms with Gasteiger partial charge in [-0.1, -0.05) is 29.3 Å². The van der Waals surface area contributed by atoms with Crippen LogP contribution in [0.2, 0.25) is 10.0 Å². The van der Waals surface area contributed by atoms with Crippen LogP contribution in [0.15, 0.2) is 18.2 Å². The summed E-state index contributed by atoms with van der Waals surface area (Å²) >= 11 is 11.8. The SMILES string of the molecule is CC1(C(=O)Cc2ccc(Cl)c(Cl)c2)CCCN1. The van der Waals surface area contributed by atoms with Crippen molar-refractivity contribution in [1.82, 2.24) is 5.32 Å². The van der Waals surface area contributed by atoms with Gasteiger partial charge in [0.25, 0.3) is 0 Å². The predicted molar refractivity (Wildman–Crippen MR) is 70.8 cm³/mol. The number of benzene rings is 1. The van der Waals surface area contributed by atoms with E-state index in [0.29, 0.717) is 16.5 Å². The zero-order valence-corrected chi connectivity index (χ0v) is 11.2. The van der Waals surface area contributed by atoms with Crippen LogP contribution in [0.3, 0.4) is 0 Å². The van der Waals surface area contributed by atoms with Crippen LogP contribution in [0.4, 0.5) is 0 Å². The van der Waals surface area contributed by atoms with E-state index >= 15 is 0 Å². The number of nitrogens with one attached hydrogen (secondary N) is 1. The molecule has 0 bridgehead atoms. The van der Waals surface area contributed by atoms with E-state index in [-0.39, 0.29) is 11.3 Å². The number of hydrogen-bond donors (Lipinski definition) is 1. The molecular weight excluding hydrogens is 257 g/mol. The molecule has 1 atom stereocenters. The van der Waals surface area contributed by atoms with Gasteiger partial charge in [0.1, 0.15) is 0 Å². The van der Waals surface area contributed by atoms with Gasteiger partial charge in [0, 0.05) is 6.42 Å². The second kappa shape index (κ2) is 4.97. The van der Waals surface area contributed by atoms with Crippen LogP contribution >= 0.6 is 23.2 Å². The maximum atomic E-state index is 12.2. The zero-order chi connectivity index (χ0) is 12.5. The van der Waals surface area contributed by atoms with Crippen molar-refractivity contribution < 1.29 is 4.79 Å². The summed E-state index contributed by atoms with van der Waals surface area (Å²) in [4.78, 5) is 12.2. The highest BCUT2D eigenvalue weighted by atomic mass is 35.5. The van der Waals surface area contributed by atoms with Gasteiger partial charge < -0.3 is 5.32 Å². The molecule has 0 amide bonds. The molecule has 1 aliphatic heterocycles. The molecule has 17 heavy (non-hydrogen) atoms. The van der Waals surface area contributed by atoms with Crippen LogP contribution in [0.5, 0.6) is 0 Å². The first-order valence-corrected chi connectivity index (χ1v) is 6.49. The lowest BCUT2D eigenvalue weighted by Crippen LogP contribution is -2.45. The first-order chi connectivity index (χ1) is 8.01. The molecule has 1 saturated heterocycles. The minimum atomic E-state index is -0.369. The molecule has 1 heterocycles. The summed E-state index contributed by atoms with van der Waals surface area (Å²) in [6, 6.07) is 5.35. The van der Waals surface area contributed by atoms with E-state index in [1.54, 1.807) is 12.1 Å². The van der Waals surface area contributed by atoms with E-state index in [9.17, 15) is 4.79 Å². The van der Waals surface area contributed by atoms with Crippen molar-refractivity contribution in [3.63, 3.8) is 0 Å². The molecule has 0 aromatic heterocycles. The van der Waals surface area contributed by atoms with Gasteiger partial charge in [0.15, 0.2) is 5.78 Å². The number of Topliss-reactive ketones (excluding diaryl/α,β-unsaturated/α-hetero) is 1. The molecule has 0 radical (unpaired) electrons. The Morgan fingerprint density at radius 2 is 2.18 bits per heavy atom. The topological polar surface area (TPSA) is 29.1 Å². The molecule has 1 N–H and O–H groups in total. The molecule has 2 nitrogen and oxygen atoms in total. The third-order valence-corrected chi connectivity index (χ3v) is 4.07. The Bertz CT molecular complexity index is 439. The fourth-order valence-electron chi connectivity index (χ4n) is 2.16. The Kier molecular flexibility index (Phi) is 3.76. The summed E-state index contributed by atoms with van der Waals surface area (Å²) in [7, 11) is 0. The Labute approximate surface area is 111 Å². The van der Waals surface area contributed by atoms with E-state index < -0.39 is 0 Å². The number of carbonyl (C=O) groups is 1. The van der Waals surface area contributed by atoms with Crippen LogP contribution in [0, 0.1) is 0 Å². The Balaban J connectivity index is 2.10. The molecule has 1 fully saturated rings.